The third kappa shape index (κ3) is 3.32. The molecule has 1 aromatic heterocycles. The van der Waals surface area contributed by atoms with E-state index in [1.807, 2.05) is 4.68 Å². The van der Waals surface area contributed by atoms with E-state index >= 15 is 0 Å². The van der Waals surface area contributed by atoms with Gasteiger partial charge in [0.1, 0.15) is 12.2 Å². The highest BCUT2D eigenvalue weighted by Gasteiger charge is 2.37. The molecule has 2 rings (SSSR count). The fourth-order valence-electron chi connectivity index (χ4n) is 2.71. The second-order valence-corrected chi connectivity index (χ2v) is 5.44. The van der Waals surface area contributed by atoms with Crippen LogP contribution in [-0.4, -0.2) is 33.0 Å². The monoisotopic (exact) mass is 267 g/mol. The molecule has 1 fully saturated rings. The van der Waals surface area contributed by atoms with Crippen molar-refractivity contribution >= 4 is 0 Å². The van der Waals surface area contributed by atoms with Gasteiger partial charge in [0.15, 0.2) is 0 Å². The first kappa shape index (κ1) is 14.4. The van der Waals surface area contributed by atoms with E-state index in [4.69, 9.17) is 10.6 Å². The molecule has 0 saturated carbocycles. The van der Waals surface area contributed by atoms with E-state index in [0.29, 0.717) is 0 Å². The minimum Gasteiger partial charge on any atom is -0.374 e. The van der Waals surface area contributed by atoms with Gasteiger partial charge in [0.2, 0.25) is 0 Å². The Hall–Kier alpha value is -0.980. The van der Waals surface area contributed by atoms with E-state index in [2.05, 4.69) is 29.4 Å². The summed E-state index contributed by atoms with van der Waals surface area (Å²) >= 11 is 0. The lowest BCUT2D eigenvalue weighted by Gasteiger charge is -2.40. The van der Waals surface area contributed by atoms with E-state index in [-0.39, 0.29) is 11.6 Å². The highest BCUT2D eigenvalue weighted by molar-refractivity contribution is 4.98. The average Bonchev–Trinajstić information content (AvgIpc) is 2.84. The van der Waals surface area contributed by atoms with Gasteiger partial charge in [0.05, 0.1) is 11.6 Å². The van der Waals surface area contributed by atoms with Crippen LogP contribution < -0.4 is 11.3 Å². The molecule has 2 heterocycles. The molecule has 1 aliphatic heterocycles. The third-order valence-electron chi connectivity index (χ3n) is 3.96. The average molecular weight is 267 g/mol. The normalized spacial score (nSPS) is 25.4. The lowest BCUT2D eigenvalue weighted by atomic mass is 9.86. The van der Waals surface area contributed by atoms with Crippen LogP contribution in [0, 0.1) is 0 Å². The van der Waals surface area contributed by atoms with Crippen molar-refractivity contribution < 1.29 is 4.74 Å². The van der Waals surface area contributed by atoms with Crippen LogP contribution in [0.15, 0.2) is 6.33 Å². The summed E-state index contributed by atoms with van der Waals surface area (Å²) < 4.78 is 7.92. The quantitative estimate of drug-likeness (QED) is 0.594. The van der Waals surface area contributed by atoms with Crippen LogP contribution in [0.1, 0.15) is 45.4 Å². The summed E-state index contributed by atoms with van der Waals surface area (Å²) in [5.74, 6) is 6.71. The van der Waals surface area contributed by atoms with Gasteiger partial charge in [-0.1, -0.05) is 6.92 Å². The van der Waals surface area contributed by atoms with Crippen molar-refractivity contribution in [1.82, 2.24) is 20.2 Å². The van der Waals surface area contributed by atoms with Crippen LogP contribution in [0.4, 0.5) is 0 Å². The van der Waals surface area contributed by atoms with E-state index in [9.17, 15) is 0 Å². The smallest absolute Gasteiger partial charge is 0.138 e. The first-order chi connectivity index (χ1) is 9.19. The van der Waals surface area contributed by atoms with Crippen molar-refractivity contribution in [2.45, 2.75) is 64.1 Å². The molecule has 6 heteroatoms. The minimum absolute atomic E-state index is 0.0626. The zero-order valence-electron chi connectivity index (χ0n) is 11.9. The molecule has 0 aliphatic carbocycles. The number of nitrogens with zero attached hydrogens (tertiary/aromatic N) is 3. The summed E-state index contributed by atoms with van der Waals surface area (Å²) in [6.07, 6.45) is 6.76. The molecule has 1 saturated heterocycles. The van der Waals surface area contributed by atoms with Gasteiger partial charge < -0.3 is 4.74 Å². The predicted octanol–water partition coefficient (Wildman–Crippen LogP) is 1.02. The Labute approximate surface area is 114 Å². The molecule has 0 bridgehead atoms. The molecule has 108 valence electrons. The van der Waals surface area contributed by atoms with Gasteiger partial charge in [-0.15, -0.1) is 0 Å². The molecule has 1 aliphatic rings. The molecule has 6 nitrogen and oxygen atoms in total. The Bertz CT molecular complexity index is 386. The number of rotatable bonds is 6. The van der Waals surface area contributed by atoms with Crippen molar-refractivity contribution in [3.05, 3.63) is 12.2 Å². The summed E-state index contributed by atoms with van der Waals surface area (Å²) in [6, 6.07) is 0.0626. The maximum Gasteiger partial charge on any atom is 0.138 e. The Kier molecular flexibility index (Phi) is 4.90. The molecule has 2 atom stereocenters. The second kappa shape index (κ2) is 6.45. The molecule has 3 N–H and O–H groups in total. The molecular weight excluding hydrogens is 242 g/mol. The largest absolute Gasteiger partial charge is 0.374 e. The minimum atomic E-state index is -0.212. The summed E-state index contributed by atoms with van der Waals surface area (Å²) in [6.45, 7) is 5.98. The first-order valence-electron chi connectivity index (χ1n) is 7.16. The SMILES string of the molecule is CCCn1ncnc1CC(NN)C1(C)CCCCO1. The van der Waals surface area contributed by atoms with Gasteiger partial charge in [-0.3, -0.25) is 16.0 Å². The molecule has 0 radical (unpaired) electrons. The molecule has 2 unspecified atom stereocenters. The van der Waals surface area contributed by atoms with Gasteiger partial charge >= 0.3 is 0 Å². The maximum atomic E-state index is 5.97. The van der Waals surface area contributed by atoms with E-state index in [1.165, 1.54) is 6.42 Å². The zero-order valence-corrected chi connectivity index (χ0v) is 11.9. The van der Waals surface area contributed by atoms with Crippen LogP contribution >= 0.6 is 0 Å². The van der Waals surface area contributed by atoms with Crippen LogP contribution in [0.2, 0.25) is 0 Å². The van der Waals surface area contributed by atoms with Crippen LogP contribution in [-0.2, 0) is 17.7 Å². The van der Waals surface area contributed by atoms with Crippen LogP contribution in [0.3, 0.4) is 0 Å². The summed E-state index contributed by atoms with van der Waals surface area (Å²) in [5.41, 5.74) is 2.70. The third-order valence-corrected chi connectivity index (χ3v) is 3.96. The highest BCUT2D eigenvalue weighted by Crippen LogP contribution is 2.29. The predicted molar refractivity (Wildman–Crippen MR) is 73.3 cm³/mol. The number of hydrogen-bond acceptors (Lipinski definition) is 5. The molecule has 0 aromatic carbocycles. The number of ether oxygens (including phenoxy) is 1. The summed E-state index contributed by atoms with van der Waals surface area (Å²) in [7, 11) is 0. The lowest BCUT2D eigenvalue weighted by molar-refractivity contribution is -0.0889. The highest BCUT2D eigenvalue weighted by atomic mass is 16.5. The van der Waals surface area contributed by atoms with E-state index in [0.717, 1.165) is 44.7 Å². The lowest BCUT2D eigenvalue weighted by Crippen LogP contribution is -2.55. The number of aryl methyl sites for hydroxylation is 1. The molecule has 1 aromatic rings. The van der Waals surface area contributed by atoms with Crippen molar-refractivity contribution in [1.29, 1.82) is 0 Å². The maximum absolute atomic E-state index is 5.97. The number of hydrogen-bond donors (Lipinski definition) is 2. The van der Waals surface area contributed by atoms with Crippen LogP contribution in [0.5, 0.6) is 0 Å². The second-order valence-electron chi connectivity index (χ2n) is 5.44. The van der Waals surface area contributed by atoms with Crippen molar-refractivity contribution in [3.63, 3.8) is 0 Å². The topological polar surface area (TPSA) is 78.0 Å². The number of hydrazine groups is 1. The number of nitrogens with two attached hydrogens (primary N) is 1. The van der Waals surface area contributed by atoms with E-state index < -0.39 is 0 Å². The zero-order chi connectivity index (χ0) is 13.7. The van der Waals surface area contributed by atoms with E-state index in [1.54, 1.807) is 6.33 Å². The van der Waals surface area contributed by atoms with Gasteiger partial charge in [-0.05, 0) is 32.6 Å². The van der Waals surface area contributed by atoms with Gasteiger partial charge in [0.25, 0.3) is 0 Å². The van der Waals surface area contributed by atoms with Crippen LogP contribution in [0.25, 0.3) is 0 Å². The Morgan fingerprint density at radius 2 is 2.42 bits per heavy atom. The Morgan fingerprint density at radius 1 is 1.58 bits per heavy atom. The van der Waals surface area contributed by atoms with Crippen molar-refractivity contribution in [2.24, 2.45) is 5.84 Å². The van der Waals surface area contributed by atoms with Crippen molar-refractivity contribution in [3.8, 4) is 0 Å². The van der Waals surface area contributed by atoms with Crippen molar-refractivity contribution in [2.75, 3.05) is 6.61 Å². The molecular formula is C13H25N5O. The standard InChI is InChI=1S/C13H25N5O/c1-3-7-18-12(15-10-16-18)9-11(17-14)13(2)6-4-5-8-19-13/h10-11,17H,3-9,14H2,1-2H3. The molecule has 0 spiro atoms. The van der Waals surface area contributed by atoms with Gasteiger partial charge in [0, 0.05) is 19.6 Å². The first-order valence-corrected chi connectivity index (χ1v) is 7.16. The molecule has 19 heavy (non-hydrogen) atoms. The fraction of sp³-hybridized carbons (Fsp3) is 0.846. The summed E-state index contributed by atoms with van der Waals surface area (Å²) in [5, 5.41) is 4.26. The molecule has 0 amide bonds. The Morgan fingerprint density at radius 3 is 3.05 bits per heavy atom. The number of aromatic nitrogens is 3. The van der Waals surface area contributed by atoms with Gasteiger partial charge in [-0.25, -0.2) is 4.98 Å². The number of nitrogens with one attached hydrogen (secondary N) is 1. The fourth-order valence-corrected chi connectivity index (χ4v) is 2.71. The summed E-state index contributed by atoms with van der Waals surface area (Å²) in [4.78, 5) is 4.35. The van der Waals surface area contributed by atoms with Gasteiger partial charge in [-0.2, -0.15) is 5.10 Å². The Balaban J connectivity index is 2.07.